The van der Waals surface area contributed by atoms with Crippen molar-refractivity contribution in [3.63, 3.8) is 0 Å². The van der Waals surface area contributed by atoms with Gasteiger partial charge in [0.25, 0.3) is 5.69 Å². The monoisotopic (exact) mass is 369 g/mol. The molecular formula is C18H18F3NO2S. The number of nitro groups is 1. The number of nitro benzene ring substituents is 1. The van der Waals surface area contributed by atoms with E-state index in [1.165, 1.54) is 17.8 Å². The predicted octanol–water partition coefficient (Wildman–Crippen LogP) is 6.37. The van der Waals surface area contributed by atoms with Crippen LogP contribution < -0.4 is 0 Å². The fraction of sp³-hybridized carbons (Fsp3) is 0.333. The summed E-state index contributed by atoms with van der Waals surface area (Å²) in [6.07, 6.45) is -4.78. The van der Waals surface area contributed by atoms with Crippen LogP contribution in [0.2, 0.25) is 0 Å². The molecule has 0 saturated heterocycles. The molecule has 2 rings (SSSR count). The molecule has 0 spiro atoms. The largest absolute Gasteiger partial charge is 0.423 e. The molecule has 0 unspecified atom stereocenters. The van der Waals surface area contributed by atoms with Crippen LogP contribution in [0.5, 0.6) is 0 Å². The molecule has 0 radical (unpaired) electrons. The summed E-state index contributed by atoms with van der Waals surface area (Å²) >= 11 is 1.17. The number of hydrogen-bond acceptors (Lipinski definition) is 3. The second-order valence-electron chi connectivity index (χ2n) is 6.77. The molecule has 0 amide bonds. The van der Waals surface area contributed by atoms with Gasteiger partial charge in [-0.2, -0.15) is 13.2 Å². The number of benzene rings is 2. The summed E-state index contributed by atoms with van der Waals surface area (Å²) in [5.41, 5.74) is -0.247. The molecule has 0 aliphatic carbocycles. The van der Waals surface area contributed by atoms with Crippen LogP contribution in [0.3, 0.4) is 0 Å². The van der Waals surface area contributed by atoms with Gasteiger partial charge in [0.1, 0.15) is 5.56 Å². The van der Waals surface area contributed by atoms with Crippen LogP contribution in [0.4, 0.5) is 18.9 Å². The second-order valence-corrected chi connectivity index (χ2v) is 7.88. The van der Waals surface area contributed by atoms with Crippen molar-refractivity contribution in [3.8, 4) is 0 Å². The summed E-state index contributed by atoms with van der Waals surface area (Å²) in [6, 6.07) is 8.98. The topological polar surface area (TPSA) is 43.1 Å². The van der Waals surface area contributed by atoms with Crippen LogP contribution in [0.15, 0.2) is 46.2 Å². The summed E-state index contributed by atoms with van der Waals surface area (Å²) < 4.78 is 39.3. The third-order valence-electron chi connectivity index (χ3n) is 3.75. The number of hydrogen-bond donors (Lipinski definition) is 0. The van der Waals surface area contributed by atoms with E-state index in [0.717, 1.165) is 28.2 Å². The average Bonchev–Trinajstić information content (AvgIpc) is 2.47. The Balaban J connectivity index is 2.46. The van der Waals surface area contributed by atoms with Crippen molar-refractivity contribution in [2.45, 2.75) is 49.1 Å². The lowest BCUT2D eigenvalue weighted by Crippen LogP contribution is -2.11. The van der Waals surface area contributed by atoms with Gasteiger partial charge in [-0.15, -0.1) is 0 Å². The highest BCUT2D eigenvalue weighted by Crippen LogP contribution is 2.41. The third kappa shape index (κ3) is 4.54. The van der Waals surface area contributed by atoms with E-state index >= 15 is 0 Å². The Morgan fingerprint density at radius 3 is 2.20 bits per heavy atom. The van der Waals surface area contributed by atoms with Gasteiger partial charge in [-0.1, -0.05) is 44.7 Å². The summed E-state index contributed by atoms with van der Waals surface area (Å²) in [7, 11) is 0. The fourth-order valence-electron chi connectivity index (χ4n) is 2.27. The lowest BCUT2D eigenvalue weighted by molar-refractivity contribution is -0.388. The molecule has 25 heavy (non-hydrogen) atoms. The van der Waals surface area contributed by atoms with Gasteiger partial charge < -0.3 is 0 Å². The average molecular weight is 369 g/mol. The van der Waals surface area contributed by atoms with Gasteiger partial charge in [-0.05, 0) is 41.7 Å². The summed E-state index contributed by atoms with van der Waals surface area (Å²) in [6.45, 7) is 8.05. The van der Waals surface area contributed by atoms with Crippen molar-refractivity contribution >= 4 is 17.4 Å². The Bertz CT molecular complexity index is 811. The first-order valence-electron chi connectivity index (χ1n) is 7.54. The molecule has 0 atom stereocenters. The molecule has 0 aliphatic rings. The molecule has 0 aliphatic heterocycles. The zero-order valence-corrected chi connectivity index (χ0v) is 15.1. The van der Waals surface area contributed by atoms with Gasteiger partial charge in [0.05, 0.1) is 4.92 Å². The zero-order valence-electron chi connectivity index (χ0n) is 14.3. The fourth-order valence-corrected chi connectivity index (χ4v) is 3.25. The summed E-state index contributed by atoms with van der Waals surface area (Å²) in [5, 5.41) is 10.8. The minimum atomic E-state index is -4.78. The second kappa shape index (κ2) is 6.71. The Morgan fingerprint density at radius 2 is 1.68 bits per heavy atom. The van der Waals surface area contributed by atoms with Crippen LogP contribution in [0.25, 0.3) is 0 Å². The highest BCUT2D eigenvalue weighted by molar-refractivity contribution is 7.99. The Morgan fingerprint density at radius 1 is 1.04 bits per heavy atom. The van der Waals surface area contributed by atoms with Crippen LogP contribution in [-0.2, 0) is 11.6 Å². The first-order valence-corrected chi connectivity index (χ1v) is 8.36. The maximum Gasteiger partial charge on any atom is 0.423 e. The minimum Gasteiger partial charge on any atom is -0.258 e. The molecule has 0 saturated carbocycles. The van der Waals surface area contributed by atoms with E-state index in [2.05, 4.69) is 20.8 Å². The van der Waals surface area contributed by atoms with E-state index in [0.29, 0.717) is 4.90 Å². The number of aryl methyl sites for hydroxylation is 1. The zero-order chi connectivity index (χ0) is 19.0. The molecule has 0 heterocycles. The maximum absolute atomic E-state index is 13.1. The number of halogens is 3. The van der Waals surface area contributed by atoms with Crippen molar-refractivity contribution in [2.75, 3.05) is 0 Å². The summed E-state index contributed by atoms with van der Waals surface area (Å²) in [5.74, 6) is 0. The van der Waals surface area contributed by atoms with Crippen molar-refractivity contribution in [1.82, 2.24) is 0 Å². The van der Waals surface area contributed by atoms with Crippen molar-refractivity contribution in [2.24, 2.45) is 0 Å². The van der Waals surface area contributed by atoms with Gasteiger partial charge >= 0.3 is 6.18 Å². The Kier molecular flexibility index (Phi) is 5.18. The van der Waals surface area contributed by atoms with Gasteiger partial charge in [-0.3, -0.25) is 10.1 Å². The maximum atomic E-state index is 13.1. The highest BCUT2D eigenvalue weighted by atomic mass is 32.2. The first-order chi connectivity index (χ1) is 11.4. The van der Waals surface area contributed by atoms with Gasteiger partial charge in [0, 0.05) is 15.9 Å². The van der Waals surface area contributed by atoms with Crippen LogP contribution in [0, 0.1) is 17.0 Å². The Hall–Kier alpha value is -2.02. The van der Waals surface area contributed by atoms with E-state index in [-0.39, 0.29) is 5.41 Å². The van der Waals surface area contributed by atoms with Gasteiger partial charge in [0.2, 0.25) is 0 Å². The van der Waals surface area contributed by atoms with E-state index < -0.39 is 22.4 Å². The summed E-state index contributed by atoms with van der Waals surface area (Å²) in [4.78, 5) is 11.0. The normalized spacial score (nSPS) is 12.3. The standard InChI is InChI=1S/C18H18F3NO2S/c1-11-5-6-12(17(2,3)4)9-16(11)25-13-7-8-15(22(23)24)14(10-13)18(19,20)21/h5-10H,1-4H3. The molecule has 7 heteroatoms. The number of alkyl halides is 3. The quantitative estimate of drug-likeness (QED) is 0.466. The number of nitrogens with zero attached hydrogens (tertiary/aromatic N) is 1. The minimum absolute atomic E-state index is 0.0877. The molecule has 134 valence electrons. The first kappa shape index (κ1) is 19.3. The van der Waals surface area contributed by atoms with E-state index in [9.17, 15) is 23.3 Å². The molecule has 2 aromatic rings. The lowest BCUT2D eigenvalue weighted by atomic mass is 9.87. The molecule has 0 fully saturated rings. The number of rotatable bonds is 3. The SMILES string of the molecule is Cc1ccc(C(C)(C)C)cc1Sc1ccc([N+](=O)[O-])c(C(F)(F)F)c1. The lowest BCUT2D eigenvalue weighted by Gasteiger charge is -2.20. The van der Waals surface area contributed by atoms with Crippen LogP contribution in [0.1, 0.15) is 37.5 Å². The van der Waals surface area contributed by atoms with Crippen LogP contribution >= 0.6 is 11.8 Å². The molecule has 0 aromatic heterocycles. The molecule has 0 N–H and O–H groups in total. The predicted molar refractivity (Wildman–Crippen MR) is 92.1 cm³/mol. The van der Waals surface area contributed by atoms with Gasteiger partial charge in [-0.25, -0.2) is 0 Å². The van der Waals surface area contributed by atoms with E-state index in [1.807, 2.05) is 25.1 Å². The molecule has 2 aromatic carbocycles. The Labute approximate surface area is 148 Å². The molecule has 0 bridgehead atoms. The molecular weight excluding hydrogens is 351 g/mol. The van der Waals surface area contributed by atoms with E-state index in [1.54, 1.807) is 0 Å². The van der Waals surface area contributed by atoms with Crippen LogP contribution in [-0.4, -0.2) is 4.92 Å². The molecule has 3 nitrogen and oxygen atoms in total. The van der Waals surface area contributed by atoms with Crippen molar-refractivity contribution < 1.29 is 18.1 Å². The van der Waals surface area contributed by atoms with E-state index in [4.69, 9.17) is 0 Å². The van der Waals surface area contributed by atoms with Crippen molar-refractivity contribution in [1.29, 1.82) is 0 Å². The third-order valence-corrected chi connectivity index (χ3v) is 4.90. The van der Waals surface area contributed by atoms with Crippen molar-refractivity contribution in [3.05, 3.63) is 63.2 Å². The van der Waals surface area contributed by atoms with Gasteiger partial charge in [0.15, 0.2) is 0 Å². The smallest absolute Gasteiger partial charge is 0.258 e. The highest BCUT2D eigenvalue weighted by Gasteiger charge is 2.38.